The van der Waals surface area contributed by atoms with Gasteiger partial charge in [0.25, 0.3) is 0 Å². The molecule has 0 radical (unpaired) electrons. The van der Waals surface area contributed by atoms with Crippen LogP contribution in [0.4, 0.5) is 4.39 Å². The highest BCUT2D eigenvalue weighted by molar-refractivity contribution is 9.10. The lowest BCUT2D eigenvalue weighted by atomic mass is 9.96. The molecular weight excluding hydrogens is 269 g/mol. The van der Waals surface area contributed by atoms with Gasteiger partial charge in [-0.15, -0.1) is 0 Å². The van der Waals surface area contributed by atoms with Gasteiger partial charge in [-0.1, -0.05) is 42.3 Å². The molecule has 1 aromatic rings. The molecule has 0 aliphatic heterocycles. The predicted molar refractivity (Wildman–Crippen MR) is 70.1 cm³/mol. The molecular formula is C13H19BrFN. The molecule has 0 aliphatic rings. The van der Waals surface area contributed by atoms with E-state index in [1.165, 1.54) is 6.07 Å². The second-order valence-electron chi connectivity index (χ2n) is 4.02. The molecule has 1 atom stereocenters. The third kappa shape index (κ3) is 4.22. The van der Waals surface area contributed by atoms with E-state index in [2.05, 4.69) is 35.1 Å². The zero-order valence-corrected chi connectivity index (χ0v) is 11.5. The van der Waals surface area contributed by atoms with E-state index in [1.54, 1.807) is 0 Å². The zero-order valence-electron chi connectivity index (χ0n) is 9.89. The maximum Gasteiger partial charge on any atom is 0.127 e. The topological polar surface area (TPSA) is 12.0 Å². The first-order chi connectivity index (χ1) is 7.67. The maximum absolute atomic E-state index is 13.6. The molecule has 0 saturated carbocycles. The van der Waals surface area contributed by atoms with Gasteiger partial charge in [-0.25, -0.2) is 4.39 Å². The van der Waals surface area contributed by atoms with Crippen molar-refractivity contribution in [3.8, 4) is 0 Å². The third-order valence-electron chi connectivity index (χ3n) is 2.78. The number of hydrogen-bond donors (Lipinski definition) is 1. The van der Waals surface area contributed by atoms with Gasteiger partial charge in [0.15, 0.2) is 0 Å². The Balaban J connectivity index is 2.62. The Hall–Kier alpha value is -0.410. The van der Waals surface area contributed by atoms with Crippen LogP contribution in [0.2, 0.25) is 0 Å². The van der Waals surface area contributed by atoms with Gasteiger partial charge in [0.1, 0.15) is 5.82 Å². The molecule has 1 nitrogen and oxygen atoms in total. The van der Waals surface area contributed by atoms with E-state index >= 15 is 0 Å². The lowest BCUT2D eigenvalue weighted by molar-refractivity contribution is 0.457. The Kier molecular flexibility index (Phi) is 5.99. The van der Waals surface area contributed by atoms with E-state index in [-0.39, 0.29) is 5.82 Å². The summed E-state index contributed by atoms with van der Waals surface area (Å²) in [6.45, 7) is 6.17. The first kappa shape index (κ1) is 13.7. The van der Waals surface area contributed by atoms with E-state index in [4.69, 9.17) is 0 Å². The van der Waals surface area contributed by atoms with Crippen molar-refractivity contribution < 1.29 is 4.39 Å². The monoisotopic (exact) mass is 287 g/mol. The second kappa shape index (κ2) is 7.02. The number of rotatable bonds is 6. The third-order valence-corrected chi connectivity index (χ3v) is 3.28. The Bertz CT molecular complexity index is 328. The van der Waals surface area contributed by atoms with Gasteiger partial charge in [-0.05, 0) is 43.1 Å². The van der Waals surface area contributed by atoms with Gasteiger partial charge in [0.2, 0.25) is 0 Å². The van der Waals surface area contributed by atoms with Crippen molar-refractivity contribution in [2.45, 2.75) is 26.7 Å². The van der Waals surface area contributed by atoms with Crippen molar-refractivity contribution >= 4 is 15.9 Å². The summed E-state index contributed by atoms with van der Waals surface area (Å²) >= 11 is 3.27. The molecule has 16 heavy (non-hydrogen) atoms. The van der Waals surface area contributed by atoms with Crippen LogP contribution >= 0.6 is 15.9 Å². The van der Waals surface area contributed by atoms with Crippen LogP contribution in [0.5, 0.6) is 0 Å². The quantitative estimate of drug-likeness (QED) is 0.840. The van der Waals surface area contributed by atoms with E-state index in [0.717, 1.165) is 36.0 Å². The van der Waals surface area contributed by atoms with Gasteiger partial charge < -0.3 is 5.32 Å². The second-order valence-corrected chi connectivity index (χ2v) is 4.94. The van der Waals surface area contributed by atoms with Gasteiger partial charge in [-0.3, -0.25) is 0 Å². The normalized spacial score (nSPS) is 12.8. The van der Waals surface area contributed by atoms with Gasteiger partial charge in [0.05, 0.1) is 0 Å². The van der Waals surface area contributed by atoms with Crippen molar-refractivity contribution in [3.05, 3.63) is 34.1 Å². The molecule has 1 rings (SSSR count). The Morgan fingerprint density at radius 3 is 2.69 bits per heavy atom. The molecule has 0 fully saturated rings. The van der Waals surface area contributed by atoms with Crippen LogP contribution in [0.3, 0.4) is 0 Å². The minimum absolute atomic E-state index is 0.107. The fraction of sp³-hybridized carbons (Fsp3) is 0.538. The van der Waals surface area contributed by atoms with Crippen molar-refractivity contribution in [2.75, 3.05) is 13.1 Å². The number of benzene rings is 1. The van der Waals surface area contributed by atoms with Crippen molar-refractivity contribution in [1.29, 1.82) is 0 Å². The number of hydrogen-bond acceptors (Lipinski definition) is 1. The summed E-state index contributed by atoms with van der Waals surface area (Å²) < 4.78 is 14.4. The van der Waals surface area contributed by atoms with E-state index in [9.17, 15) is 4.39 Å². The molecule has 90 valence electrons. The van der Waals surface area contributed by atoms with Crippen LogP contribution in [-0.4, -0.2) is 13.1 Å². The summed E-state index contributed by atoms with van der Waals surface area (Å²) in [5.41, 5.74) is 0.813. The molecule has 0 saturated heterocycles. The maximum atomic E-state index is 13.6. The van der Waals surface area contributed by atoms with Crippen LogP contribution in [0, 0.1) is 11.7 Å². The molecule has 0 aliphatic carbocycles. The summed E-state index contributed by atoms with van der Waals surface area (Å²) in [6, 6.07) is 5.31. The standard InChI is InChI=1S/C13H19BrFN/c1-3-10(9-16-4-2)7-11-5-6-12(14)8-13(11)15/h5-6,8,10,16H,3-4,7,9H2,1-2H3. The fourth-order valence-electron chi connectivity index (χ4n) is 1.71. The Morgan fingerprint density at radius 2 is 2.12 bits per heavy atom. The van der Waals surface area contributed by atoms with Crippen LogP contribution in [0.1, 0.15) is 25.8 Å². The van der Waals surface area contributed by atoms with Crippen molar-refractivity contribution in [1.82, 2.24) is 5.32 Å². The fourth-order valence-corrected chi connectivity index (χ4v) is 2.04. The highest BCUT2D eigenvalue weighted by atomic mass is 79.9. The Labute approximate surface area is 106 Å². The summed E-state index contributed by atoms with van der Waals surface area (Å²) in [6.07, 6.45) is 1.88. The van der Waals surface area contributed by atoms with Crippen LogP contribution in [0.15, 0.2) is 22.7 Å². The first-order valence-corrected chi connectivity index (χ1v) is 6.61. The van der Waals surface area contributed by atoms with E-state index < -0.39 is 0 Å². The molecule has 3 heteroatoms. The van der Waals surface area contributed by atoms with Crippen LogP contribution < -0.4 is 5.32 Å². The summed E-state index contributed by atoms with van der Waals surface area (Å²) in [5.74, 6) is 0.403. The first-order valence-electron chi connectivity index (χ1n) is 5.82. The average molecular weight is 288 g/mol. The van der Waals surface area contributed by atoms with Gasteiger partial charge >= 0.3 is 0 Å². The molecule has 0 amide bonds. The van der Waals surface area contributed by atoms with Crippen LogP contribution in [0.25, 0.3) is 0 Å². The smallest absolute Gasteiger partial charge is 0.127 e. The zero-order chi connectivity index (χ0) is 12.0. The van der Waals surface area contributed by atoms with Gasteiger partial charge in [-0.2, -0.15) is 0 Å². The SMILES string of the molecule is CCNCC(CC)Cc1ccc(Br)cc1F. The summed E-state index contributed by atoms with van der Waals surface area (Å²) in [4.78, 5) is 0. The van der Waals surface area contributed by atoms with Gasteiger partial charge in [0, 0.05) is 4.47 Å². The van der Waals surface area contributed by atoms with Crippen LogP contribution in [-0.2, 0) is 6.42 Å². The Morgan fingerprint density at radius 1 is 1.38 bits per heavy atom. The van der Waals surface area contributed by atoms with E-state index in [1.807, 2.05) is 12.1 Å². The highest BCUT2D eigenvalue weighted by Crippen LogP contribution is 2.19. The molecule has 0 aromatic heterocycles. The van der Waals surface area contributed by atoms with E-state index in [0.29, 0.717) is 5.92 Å². The van der Waals surface area contributed by atoms with Crippen molar-refractivity contribution in [2.24, 2.45) is 5.92 Å². The molecule has 0 spiro atoms. The largest absolute Gasteiger partial charge is 0.317 e. The minimum Gasteiger partial charge on any atom is -0.317 e. The molecule has 0 heterocycles. The average Bonchev–Trinajstić information content (AvgIpc) is 2.27. The number of nitrogens with one attached hydrogen (secondary N) is 1. The molecule has 0 bridgehead atoms. The minimum atomic E-state index is -0.107. The molecule has 1 aromatic carbocycles. The predicted octanol–water partition coefficient (Wildman–Crippen LogP) is 3.77. The summed E-state index contributed by atoms with van der Waals surface area (Å²) in [7, 11) is 0. The molecule has 1 unspecified atom stereocenters. The van der Waals surface area contributed by atoms with Crippen molar-refractivity contribution in [3.63, 3.8) is 0 Å². The summed E-state index contributed by atoms with van der Waals surface area (Å²) in [5, 5.41) is 3.32. The molecule has 1 N–H and O–H groups in total. The lowest BCUT2D eigenvalue weighted by Gasteiger charge is -2.15. The highest BCUT2D eigenvalue weighted by Gasteiger charge is 2.10. The number of halogens is 2. The lowest BCUT2D eigenvalue weighted by Crippen LogP contribution is -2.23.